The van der Waals surface area contributed by atoms with Crippen molar-refractivity contribution in [1.29, 1.82) is 0 Å². The monoisotopic (exact) mass is 444 g/mol. The van der Waals surface area contributed by atoms with Gasteiger partial charge >= 0.3 is 0 Å². The van der Waals surface area contributed by atoms with E-state index < -0.39 is 0 Å². The fourth-order valence-electron chi connectivity index (χ4n) is 3.70. The smallest absolute Gasteiger partial charge is 0.0988 e. The normalized spacial score (nSPS) is 11.4. The number of hydrogen-bond donors (Lipinski definition) is 2. The van der Waals surface area contributed by atoms with E-state index in [-0.39, 0.29) is 12.4 Å². The average Bonchev–Trinajstić information content (AvgIpc) is 2.68. The summed E-state index contributed by atoms with van der Waals surface area (Å²) < 4.78 is 0. The van der Waals surface area contributed by atoms with Gasteiger partial charge in [-0.1, -0.05) is 6.07 Å². The van der Waals surface area contributed by atoms with Gasteiger partial charge in [-0.05, 0) is 86.2 Å². The number of pyridine rings is 2. The lowest BCUT2D eigenvalue weighted by Gasteiger charge is -2.15. The van der Waals surface area contributed by atoms with Crippen LogP contribution in [0.4, 0.5) is 11.4 Å². The molecule has 0 spiro atoms. The van der Waals surface area contributed by atoms with Crippen LogP contribution in [-0.4, -0.2) is 74.1 Å². The first-order valence-corrected chi connectivity index (χ1v) is 10.8. The molecular weight excluding hydrogens is 408 g/mol. The number of nitrogens with zero attached hydrogens (tertiary/aromatic N) is 4. The van der Waals surface area contributed by atoms with Crippen molar-refractivity contribution in [3.05, 3.63) is 35.7 Å². The standard InChI is InChI=1S/C24H36N6.ClH/c1-17-15-22(26-12-8-14-30(5)6)20-10-9-19-16-21(25-11-7-13-29(3)4)18(2)28-23(19)24(20)27-17;/h9-10,15-16,25H,7-8,11-14H2,1-6H3,(H,26,27);1H. The molecule has 0 radical (unpaired) electrons. The first-order chi connectivity index (χ1) is 14.3. The van der Waals surface area contributed by atoms with Gasteiger partial charge < -0.3 is 20.4 Å². The van der Waals surface area contributed by atoms with E-state index in [0.717, 1.165) is 83.6 Å². The molecule has 3 aromatic rings. The summed E-state index contributed by atoms with van der Waals surface area (Å²) in [4.78, 5) is 14.2. The SMILES string of the molecule is Cc1cc(NCCCN(C)C)c2ccc3cc(NCCCN(C)C)c(C)nc3c2n1.Cl. The van der Waals surface area contributed by atoms with Crippen LogP contribution in [0.1, 0.15) is 24.2 Å². The van der Waals surface area contributed by atoms with Crippen LogP contribution in [-0.2, 0) is 0 Å². The zero-order valence-electron chi connectivity index (χ0n) is 19.7. The van der Waals surface area contributed by atoms with Crippen LogP contribution < -0.4 is 10.6 Å². The topological polar surface area (TPSA) is 56.3 Å². The molecule has 0 saturated carbocycles. The van der Waals surface area contributed by atoms with Crippen molar-refractivity contribution in [1.82, 2.24) is 19.8 Å². The highest BCUT2D eigenvalue weighted by Gasteiger charge is 2.11. The Morgan fingerprint density at radius 2 is 1.39 bits per heavy atom. The Morgan fingerprint density at radius 3 is 2.00 bits per heavy atom. The number of hydrogen-bond acceptors (Lipinski definition) is 6. The van der Waals surface area contributed by atoms with Crippen molar-refractivity contribution in [2.45, 2.75) is 26.7 Å². The summed E-state index contributed by atoms with van der Waals surface area (Å²) >= 11 is 0. The average molecular weight is 445 g/mol. The molecule has 7 heteroatoms. The predicted molar refractivity (Wildman–Crippen MR) is 137 cm³/mol. The molecule has 170 valence electrons. The molecule has 31 heavy (non-hydrogen) atoms. The summed E-state index contributed by atoms with van der Waals surface area (Å²) in [6.45, 7) is 8.16. The highest BCUT2D eigenvalue weighted by atomic mass is 35.5. The van der Waals surface area contributed by atoms with E-state index in [9.17, 15) is 0 Å². The van der Waals surface area contributed by atoms with E-state index in [4.69, 9.17) is 9.97 Å². The van der Waals surface area contributed by atoms with Crippen molar-refractivity contribution in [2.24, 2.45) is 0 Å². The molecule has 6 nitrogen and oxygen atoms in total. The molecule has 0 aliphatic rings. The van der Waals surface area contributed by atoms with Crippen molar-refractivity contribution < 1.29 is 0 Å². The van der Waals surface area contributed by atoms with Crippen molar-refractivity contribution >= 4 is 45.6 Å². The molecular formula is C24H37ClN6. The van der Waals surface area contributed by atoms with Gasteiger partial charge in [0.15, 0.2) is 0 Å². The fraction of sp³-hybridized carbons (Fsp3) is 0.500. The van der Waals surface area contributed by atoms with Crippen LogP contribution >= 0.6 is 12.4 Å². The van der Waals surface area contributed by atoms with E-state index >= 15 is 0 Å². The summed E-state index contributed by atoms with van der Waals surface area (Å²) in [5.41, 5.74) is 6.23. The Kier molecular flexibility index (Phi) is 9.29. The Balaban J connectivity index is 0.00000341. The highest BCUT2D eigenvalue weighted by molar-refractivity contribution is 6.08. The maximum atomic E-state index is 4.95. The molecule has 0 bridgehead atoms. The molecule has 2 heterocycles. The first-order valence-electron chi connectivity index (χ1n) is 10.8. The molecule has 0 amide bonds. The minimum Gasteiger partial charge on any atom is -0.384 e. The number of anilines is 2. The third-order valence-electron chi connectivity index (χ3n) is 5.28. The quantitative estimate of drug-likeness (QED) is 0.353. The van der Waals surface area contributed by atoms with E-state index in [0.29, 0.717) is 0 Å². The highest BCUT2D eigenvalue weighted by Crippen LogP contribution is 2.31. The Labute approximate surface area is 192 Å². The predicted octanol–water partition coefficient (Wildman–Crippen LogP) is 4.55. The zero-order valence-corrected chi connectivity index (χ0v) is 20.6. The zero-order chi connectivity index (χ0) is 21.7. The lowest BCUT2D eigenvalue weighted by molar-refractivity contribution is 0.405. The van der Waals surface area contributed by atoms with Gasteiger partial charge in [0.2, 0.25) is 0 Å². The second-order valence-electron chi connectivity index (χ2n) is 8.63. The Hall–Kier alpha value is -2.15. The first kappa shape index (κ1) is 25.1. The van der Waals surface area contributed by atoms with Crippen LogP contribution in [0.3, 0.4) is 0 Å². The van der Waals surface area contributed by atoms with Gasteiger partial charge in [-0.2, -0.15) is 0 Å². The third kappa shape index (κ3) is 6.66. The number of aromatic nitrogens is 2. The second kappa shape index (κ2) is 11.5. The summed E-state index contributed by atoms with van der Waals surface area (Å²) in [6.07, 6.45) is 2.20. The van der Waals surface area contributed by atoms with Gasteiger partial charge in [-0.15, -0.1) is 12.4 Å². The molecule has 0 unspecified atom stereocenters. The molecule has 2 N–H and O–H groups in total. The molecule has 0 aliphatic heterocycles. The fourth-order valence-corrected chi connectivity index (χ4v) is 3.70. The largest absolute Gasteiger partial charge is 0.384 e. The van der Waals surface area contributed by atoms with Crippen LogP contribution in [0.2, 0.25) is 0 Å². The van der Waals surface area contributed by atoms with Crippen LogP contribution in [0, 0.1) is 13.8 Å². The molecule has 1 aromatic carbocycles. The van der Waals surface area contributed by atoms with Crippen LogP contribution in [0.5, 0.6) is 0 Å². The molecule has 3 rings (SSSR count). The third-order valence-corrected chi connectivity index (χ3v) is 5.28. The Bertz CT molecular complexity index is 1000. The van der Waals surface area contributed by atoms with Crippen molar-refractivity contribution in [2.75, 3.05) is 65.0 Å². The van der Waals surface area contributed by atoms with Gasteiger partial charge in [0.05, 0.1) is 22.4 Å². The number of aryl methyl sites for hydroxylation is 2. The number of halogens is 1. The van der Waals surface area contributed by atoms with Crippen molar-refractivity contribution in [3.63, 3.8) is 0 Å². The summed E-state index contributed by atoms with van der Waals surface area (Å²) in [5, 5.41) is 9.42. The Morgan fingerprint density at radius 1 is 0.774 bits per heavy atom. The van der Waals surface area contributed by atoms with Gasteiger partial charge in [0, 0.05) is 35.2 Å². The number of benzene rings is 1. The molecule has 0 aliphatic carbocycles. The van der Waals surface area contributed by atoms with Crippen LogP contribution in [0.25, 0.3) is 21.8 Å². The molecule has 0 saturated heterocycles. The summed E-state index contributed by atoms with van der Waals surface area (Å²) in [6, 6.07) is 8.68. The van der Waals surface area contributed by atoms with E-state index in [1.54, 1.807) is 0 Å². The maximum Gasteiger partial charge on any atom is 0.0988 e. The second-order valence-corrected chi connectivity index (χ2v) is 8.63. The summed E-state index contributed by atoms with van der Waals surface area (Å²) in [7, 11) is 8.43. The molecule has 0 atom stereocenters. The van der Waals surface area contributed by atoms with Gasteiger partial charge in [0.25, 0.3) is 0 Å². The number of rotatable bonds is 10. The maximum absolute atomic E-state index is 4.95. The lowest BCUT2D eigenvalue weighted by atomic mass is 10.1. The molecule has 0 fully saturated rings. The van der Waals surface area contributed by atoms with Gasteiger partial charge in [-0.3, -0.25) is 4.98 Å². The van der Waals surface area contributed by atoms with Gasteiger partial charge in [-0.25, -0.2) is 4.98 Å². The van der Waals surface area contributed by atoms with E-state index in [1.807, 2.05) is 0 Å². The van der Waals surface area contributed by atoms with Crippen LogP contribution in [0.15, 0.2) is 24.3 Å². The summed E-state index contributed by atoms with van der Waals surface area (Å²) in [5.74, 6) is 0. The molecule has 2 aromatic heterocycles. The minimum atomic E-state index is 0. The minimum absolute atomic E-state index is 0. The van der Waals surface area contributed by atoms with Gasteiger partial charge in [0.1, 0.15) is 0 Å². The number of fused-ring (bicyclic) bond motifs is 3. The lowest BCUT2D eigenvalue weighted by Crippen LogP contribution is -2.16. The number of nitrogens with one attached hydrogen (secondary N) is 2. The van der Waals surface area contributed by atoms with E-state index in [1.165, 1.54) is 0 Å². The van der Waals surface area contributed by atoms with E-state index in [2.05, 4.69) is 86.7 Å². The van der Waals surface area contributed by atoms with Crippen molar-refractivity contribution in [3.8, 4) is 0 Å².